The first kappa shape index (κ1) is 19.8. The second-order valence-corrected chi connectivity index (χ2v) is 5.82. The van der Waals surface area contributed by atoms with Crippen LogP contribution in [0.15, 0.2) is 48.5 Å². The third-order valence-corrected chi connectivity index (χ3v) is 3.71. The fourth-order valence-electron chi connectivity index (χ4n) is 2.13. The molecule has 0 unspecified atom stereocenters. The number of carbonyl (C=O) groups is 2. The minimum Gasteiger partial charge on any atom is -0.491 e. The van der Waals surface area contributed by atoms with Crippen LogP contribution in [0, 0.1) is 0 Å². The number of rotatable bonds is 9. The van der Waals surface area contributed by atoms with Gasteiger partial charge in [0.25, 0.3) is 11.8 Å². The predicted molar refractivity (Wildman–Crippen MR) is 99.9 cm³/mol. The van der Waals surface area contributed by atoms with E-state index in [1.807, 2.05) is 0 Å². The Kier molecular flexibility index (Phi) is 7.92. The van der Waals surface area contributed by atoms with Gasteiger partial charge >= 0.3 is 0 Å². The van der Waals surface area contributed by atoms with Crippen LogP contribution in [0.25, 0.3) is 0 Å². The number of amides is 2. The first-order chi connectivity index (χ1) is 12.6. The number of hydrogen-bond donors (Lipinski definition) is 2. The van der Waals surface area contributed by atoms with Gasteiger partial charge in [-0.05, 0) is 42.5 Å². The summed E-state index contributed by atoms with van der Waals surface area (Å²) in [5.74, 6) is 0.151. The smallest absolute Gasteiger partial charge is 0.251 e. The van der Waals surface area contributed by atoms with E-state index in [0.717, 1.165) is 0 Å². The highest BCUT2D eigenvalue weighted by Gasteiger charge is 2.08. The number of halogens is 1. The van der Waals surface area contributed by atoms with Crippen LogP contribution in [-0.4, -0.2) is 45.2 Å². The number of methoxy groups -OCH3 is 1. The lowest BCUT2D eigenvalue weighted by Gasteiger charge is -2.09. The molecule has 0 fully saturated rings. The van der Waals surface area contributed by atoms with Crippen LogP contribution in [0.3, 0.4) is 0 Å². The molecule has 0 aliphatic carbocycles. The maximum atomic E-state index is 12.2. The molecule has 0 aromatic heterocycles. The second-order valence-electron chi connectivity index (χ2n) is 5.39. The Bertz CT molecular complexity index is 735. The molecule has 0 aliphatic rings. The standard InChI is InChI=1S/C19H21ClN2O4/c1-25-11-12-26-17-4-2-3-15(13-17)19(24)22-10-9-21-18(23)14-5-7-16(20)8-6-14/h2-8,13H,9-12H2,1H3,(H,21,23)(H,22,24). The van der Waals surface area contributed by atoms with Crippen molar-refractivity contribution in [3.63, 3.8) is 0 Å². The Morgan fingerprint density at radius 1 is 0.923 bits per heavy atom. The third kappa shape index (κ3) is 6.38. The van der Waals surface area contributed by atoms with Gasteiger partial charge in [-0.25, -0.2) is 0 Å². The van der Waals surface area contributed by atoms with E-state index in [1.165, 1.54) is 0 Å². The van der Waals surface area contributed by atoms with Gasteiger partial charge < -0.3 is 20.1 Å². The van der Waals surface area contributed by atoms with Gasteiger partial charge in [0.2, 0.25) is 0 Å². The van der Waals surface area contributed by atoms with Crippen LogP contribution in [0.5, 0.6) is 5.75 Å². The Morgan fingerprint density at radius 2 is 1.58 bits per heavy atom. The Hall–Kier alpha value is -2.57. The molecule has 0 saturated carbocycles. The van der Waals surface area contributed by atoms with Crippen molar-refractivity contribution in [2.24, 2.45) is 0 Å². The average Bonchev–Trinajstić information content (AvgIpc) is 2.66. The van der Waals surface area contributed by atoms with Crippen molar-refractivity contribution in [1.82, 2.24) is 10.6 Å². The summed E-state index contributed by atoms with van der Waals surface area (Å²) < 4.78 is 10.4. The molecule has 6 nitrogen and oxygen atoms in total. The minimum atomic E-state index is -0.233. The van der Waals surface area contributed by atoms with E-state index < -0.39 is 0 Å². The molecule has 2 amide bonds. The van der Waals surface area contributed by atoms with Crippen molar-refractivity contribution in [3.05, 3.63) is 64.7 Å². The quantitative estimate of drug-likeness (QED) is 0.659. The molecule has 2 N–H and O–H groups in total. The van der Waals surface area contributed by atoms with Gasteiger partial charge in [0.05, 0.1) is 6.61 Å². The maximum absolute atomic E-state index is 12.2. The highest BCUT2D eigenvalue weighted by atomic mass is 35.5. The third-order valence-electron chi connectivity index (χ3n) is 3.45. The molecule has 2 rings (SSSR count). The van der Waals surface area contributed by atoms with Crippen LogP contribution in [0.1, 0.15) is 20.7 Å². The molecule has 0 bridgehead atoms. The molecule has 2 aromatic carbocycles. The zero-order valence-corrected chi connectivity index (χ0v) is 15.2. The summed E-state index contributed by atoms with van der Waals surface area (Å²) in [5, 5.41) is 6.06. The topological polar surface area (TPSA) is 76.7 Å². The molecule has 2 aromatic rings. The van der Waals surface area contributed by atoms with E-state index in [-0.39, 0.29) is 11.8 Å². The van der Waals surface area contributed by atoms with Crippen molar-refractivity contribution in [3.8, 4) is 5.75 Å². The lowest BCUT2D eigenvalue weighted by atomic mass is 10.2. The van der Waals surface area contributed by atoms with Crippen molar-refractivity contribution < 1.29 is 19.1 Å². The Balaban J connectivity index is 1.75. The van der Waals surface area contributed by atoms with Crippen molar-refractivity contribution in [2.45, 2.75) is 0 Å². The summed E-state index contributed by atoms with van der Waals surface area (Å²) in [7, 11) is 1.60. The first-order valence-corrected chi connectivity index (χ1v) is 8.51. The summed E-state index contributed by atoms with van der Waals surface area (Å²) in [6.45, 7) is 1.52. The first-order valence-electron chi connectivity index (χ1n) is 8.14. The van der Waals surface area contributed by atoms with Crippen LogP contribution in [0.4, 0.5) is 0 Å². The van der Waals surface area contributed by atoms with E-state index in [2.05, 4.69) is 10.6 Å². The summed E-state index contributed by atoms with van der Waals surface area (Å²) in [4.78, 5) is 24.1. The van der Waals surface area contributed by atoms with E-state index >= 15 is 0 Å². The van der Waals surface area contributed by atoms with E-state index in [0.29, 0.717) is 48.2 Å². The summed E-state index contributed by atoms with van der Waals surface area (Å²) >= 11 is 5.79. The molecule has 0 aliphatic heterocycles. The largest absolute Gasteiger partial charge is 0.491 e. The van der Waals surface area contributed by atoms with Gasteiger partial charge in [0, 0.05) is 36.3 Å². The van der Waals surface area contributed by atoms with Gasteiger partial charge in [0.15, 0.2) is 0 Å². The molecular weight excluding hydrogens is 356 g/mol. The van der Waals surface area contributed by atoms with E-state index in [4.69, 9.17) is 21.1 Å². The van der Waals surface area contributed by atoms with Crippen molar-refractivity contribution in [2.75, 3.05) is 33.4 Å². The molecule has 0 heterocycles. The Labute approximate surface area is 157 Å². The van der Waals surface area contributed by atoms with Crippen molar-refractivity contribution >= 4 is 23.4 Å². The SMILES string of the molecule is COCCOc1cccc(C(=O)NCCNC(=O)c2ccc(Cl)cc2)c1. The molecule has 0 spiro atoms. The van der Waals surface area contributed by atoms with E-state index in [9.17, 15) is 9.59 Å². The molecule has 7 heteroatoms. The highest BCUT2D eigenvalue weighted by molar-refractivity contribution is 6.30. The van der Waals surface area contributed by atoms with Gasteiger partial charge in [-0.1, -0.05) is 17.7 Å². The van der Waals surface area contributed by atoms with Crippen LogP contribution < -0.4 is 15.4 Å². The molecule has 138 valence electrons. The number of ether oxygens (including phenoxy) is 2. The maximum Gasteiger partial charge on any atom is 0.251 e. The lowest BCUT2D eigenvalue weighted by Crippen LogP contribution is -2.34. The lowest BCUT2D eigenvalue weighted by molar-refractivity contribution is 0.0927. The van der Waals surface area contributed by atoms with Crippen LogP contribution >= 0.6 is 11.6 Å². The summed E-state index contributed by atoms with van der Waals surface area (Å²) in [6.07, 6.45) is 0. The fourth-order valence-corrected chi connectivity index (χ4v) is 2.25. The second kappa shape index (κ2) is 10.4. The van der Waals surface area contributed by atoms with Gasteiger partial charge in [-0.3, -0.25) is 9.59 Å². The molecular formula is C19H21ClN2O4. The minimum absolute atomic E-state index is 0.218. The zero-order valence-electron chi connectivity index (χ0n) is 14.5. The van der Waals surface area contributed by atoms with Gasteiger partial charge in [0.1, 0.15) is 12.4 Å². The Morgan fingerprint density at radius 3 is 2.23 bits per heavy atom. The van der Waals surface area contributed by atoms with Crippen LogP contribution in [0.2, 0.25) is 5.02 Å². The summed E-state index contributed by atoms with van der Waals surface area (Å²) in [6, 6.07) is 13.5. The fraction of sp³-hybridized carbons (Fsp3) is 0.263. The number of carbonyl (C=O) groups excluding carboxylic acids is 2. The van der Waals surface area contributed by atoms with Gasteiger partial charge in [-0.15, -0.1) is 0 Å². The van der Waals surface area contributed by atoms with Crippen molar-refractivity contribution in [1.29, 1.82) is 0 Å². The monoisotopic (exact) mass is 376 g/mol. The average molecular weight is 377 g/mol. The molecule has 0 saturated heterocycles. The molecule has 0 atom stereocenters. The predicted octanol–water partition coefficient (Wildman–Crippen LogP) is 2.53. The zero-order chi connectivity index (χ0) is 18.8. The molecule has 0 radical (unpaired) electrons. The number of benzene rings is 2. The number of hydrogen-bond acceptors (Lipinski definition) is 4. The molecule has 26 heavy (non-hydrogen) atoms. The normalized spacial score (nSPS) is 10.2. The number of nitrogens with one attached hydrogen (secondary N) is 2. The highest BCUT2D eigenvalue weighted by Crippen LogP contribution is 2.13. The summed E-state index contributed by atoms with van der Waals surface area (Å²) in [5.41, 5.74) is 1.01. The van der Waals surface area contributed by atoms with E-state index in [1.54, 1.807) is 55.6 Å². The van der Waals surface area contributed by atoms with Gasteiger partial charge in [-0.2, -0.15) is 0 Å². The van der Waals surface area contributed by atoms with Crippen LogP contribution in [-0.2, 0) is 4.74 Å².